The van der Waals surface area contributed by atoms with Crippen molar-refractivity contribution < 1.29 is 126 Å². The van der Waals surface area contributed by atoms with E-state index in [1.165, 1.54) is 24.3 Å². The quantitative estimate of drug-likeness (QED) is 0.0112. The number of esters is 1. The highest BCUT2D eigenvalue weighted by Crippen LogP contribution is 2.22. The average molecular weight is 1630 g/mol. The number of benzene rings is 2. The SMILES string of the molecule is CCCCCCCCCC(=O)N[C@@H](Cc1c[nH]c2ccccc12)C(=O)N[C@H](CC(N)=O)C(=O)N[C@@H](CC(=O)O)C(=O)N[C@@H]1C(=O)NCC(=O)N[C@@H](CCCCN)C(=O)N[C@@H](CC(=O)O)C(=O)N[C@H](C)C(=O)N[C@@H](CC(=O)O)C(=O)NCC(=O)N[C@H](CO)C(=O)N[C@@H]([C@H](C)CC(=O)O)C(=O)N[C@@H](CC(=O)c2ccccc2N)C(=O)O[C@@H]1C. The fraction of sp³-hybridized carbons (Fsp3) is 0.534. The Morgan fingerprint density at radius 2 is 1.09 bits per heavy atom. The molecule has 2 heterocycles. The number of Topliss-reactive ketones (excluding diaryl/α,β-unsaturated/α-hetero) is 1. The number of para-hydroxylation sites is 2. The molecule has 1 fully saturated rings. The molecule has 0 bridgehead atoms. The van der Waals surface area contributed by atoms with E-state index in [-0.39, 0.29) is 49.9 Å². The number of aromatic nitrogens is 1. The number of hydrogen-bond donors (Lipinski definition) is 22. The number of ether oxygens (including phenoxy) is 1. The second-order valence-corrected chi connectivity index (χ2v) is 27.6. The van der Waals surface area contributed by atoms with Crippen molar-refractivity contribution in [2.75, 3.05) is 32.0 Å². The Hall–Kier alpha value is -12.7. The summed E-state index contributed by atoms with van der Waals surface area (Å²) in [6, 6.07) is -10.5. The number of carbonyl (C=O) groups is 20. The lowest BCUT2D eigenvalue weighted by molar-refractivity contribution is -0.156. The molecule has 0 unspecified atom stereocenters. The molecule has 4 rings (SSSR count). The number of cyclic esters (lactones) is 1. The molecule has 0 spiro atoms. The van der Waals surface area contributed by atoms with E-state index >= 15 is 0 Å². The molecule has 13 atom stereocenters. The van der Waals surface area contributed by atoms with Gasteiger partial charge in [-0.1, -0.05) is 82.7 Å². The summed E-state index contributed by atoms with van der Waals surface area (Å²) in [6.45, 7) is 1.32. The Morgan fingerprint density at radius 1 is 0.543 bits per heavy atom. The predicted octanol–water partition coefficient (Wildman–Crippen LogP) is -5.23. The molecule has 2 aromatic carbocycles. The summed E-state index contributed by atoms with van der Waals surface area (Å²) in [4.78, 5) is 277. The topological polar surface area (TPSA) is 702 Å². The molecule has 1 aliphatic rings. The maximum absolute atomic E-state index is 14.9. The number of aliphatic hydroxyl groups excluding tert-OH is 1. The second kappa shape index (κ2) is 48.4. The molecule has 636 valence electrons. The third kappa shape index (κ3) is 32.8. The molecular weight excluding hydrogens is 1530 g/mol. The van der Waals surface area contributed by atoms with Crippen LogP contribution < -0.4 is 86.3 Å². The third-order valence-corrected chi connectivity index (χ3v) is 18.1. The largest absolute Gasteiger partial charge is 0.481 e. The standard InChI is InChI=1S/C73H103N17O26/c1-5-6-7-8-9-10-11-23-54(94)82-45(26-39-32-77-43-21-15-13-18-40(39)43)67(109)85-46(28-53(76)93)68(110)87-49(31-60(103)104)69(111)90-62-38(4)116-73(115)50(27-52(92)41-19-12-14-20-42(41)75)88-72(114)61(36(2)25-57(97)98)89-70(112)51(35-91)83-56(96)33-78-64(106)47(29-58(99)100)84-63(105)37(3)80-66(108)48(30-59(101)102)86-65(107)44(22-16-17-24-74)81-55(95)34-79-71(62)113/h12-15,18-21,32,36-38,44-51,61-62,77,91H,5-11,16-17,22-31,33-35,74-75H2,1-4H3,(H2,76,93)(H,78,106)(H,79,113)(H,80,108)(H,81,95)(H,82,94)(H,83,96)(H,84,105)(H,85,109)(H,86,107)(H,87,110)(H,88,114)(H,89,112)(H,90,111)(H,97,98)(H,99,100)(H,101,102)(H,103,104)/t36-,37-,38-,44+,45+,46-,47+,48+,49+,50+,51-,61+,62+/m1/s1. The number of aliphatic hydroxyl groups is 1. The first-order valence-electron chi connectivity index (χ1n) is 37.3. The molecule has 25 N–H and O–H groups in total. The van der Waals surface area contributed by atoms with Crippen LogP contribution in [0.2, 0.25) is 0 Å². The van der Waals surface area contributed by atoms with E-state index in [4.69, 9.17) is 21.9 Å². The Kier molecular flexibility index (Phi) is 39.9. The van der Waals surface area contributed by atoms with Crippen LogP contribution >= 0.6 is 0 Å². The average Bonchev–Trinajstić information content (AvgIpc) is 1.69. The number of aliphatic carboxylic acids is 4. The van der Waals surface area contributed by atoms with Gasteiger partial charge in [-0.05, 0) is 75.8 Å². The highest BCUT2D eigenvalue weighted by Gasteiger charge is 2.41. The number of nitrogens with two attached hydrogens (primary N) is 3. The maximum Gasteiger partial charge on any atom is 0.329 e. The lowest BCUT2D eigenvalue weighted by Crippen LogP contribution is -2.62. The number of amides is 14. The van der Waals surface area contributed by atoms with Gasteiger partial charge in [-0.15, -0.1) is 0 Å². The minimum atomic E-state index is -2.45. The number of rotatable bonds is 36. The van der Waals surface area contributed by atoms with Gasteiger partial charge in [-0.25, -0.2) is 4.79 Å². The zero-order chi connectivity index (χ0) is 86.5. The van der Waals surface area contributed by atoms with Gasteiger partial charge in [0.15, 0.2) is 5.78 Å². The molecule has 1 saturated heterocycles. The van der Waals surface area contributed by atoms with Gasteiger partial charge in [0.05, 0.1) is 51.8 Å². The zero-order valence-corrected chi connectivity index (χ0v) is 64.3. The van der Waals surface area contributed by atoms with Crippen molar-refractivity contribution in [2.24, 2.45) is 17.4 Å². The number of carboxylic acids is 4. The molecule has 0 aliphatic carbocycles. The smallest absolute Gasteiger partial charge is 0.329 e. The Bertz CT molecular complexity index is 4060. The van der Waals surface area contributed by atoms with Gasteiger partial charge in [0.2, 0.25) is 82.7 Å². The zero-order valence-electron chi connectivity index (χ0n) is 64.3. The van der Waals surface area contributed by atoms with Crippen LogP contribution in [0.3, 0.4) is 0 Å². The van der Waals surface area contributed by atoms with Crippen LogP contribution in [0.4, 0.5) is 5.69 Å². The van der Waals surface area contributed by atoms with E-state index in [2.05, 4.69) is 65.1 Å². The van der Waals surface area contributed by atoms with E-state index in [0.29, 0.717) is 29.3 Å². The highest BCUT2D eigenvalue weighted by molar-refractivity contribution is 6.05. The van der Waals surface area contributed by atoms with Gasteiger partial charge in [-0.3, -0.25) is 91.1 Å². The van der Waals surface area contributed by atoms with Crippen LogP contribution in [0.25, 0.3) is 10.9 Å². The van der Waals surface area contributed by atoms with Crippen molar-refractivity contribution in [3.63, 3.8) is 0 Å². The van der Waals surface area contributed by atoms with Gasteiger partial charge >= 0.3 is 29.8 Å². The Balaban J connectivity index is 1.88. The number of aromatic amines is 1. The van der Waals surface area contributed by atoms with E-state index in [0.717, 1.165) is 52.9 Å². The minimum absolute atomic E-state index is 0.0127. The van der Waals surface area contributed by atoms with Crippen molar-refractivity contribution in [3.8, 4) is 0 Å². The highest BCUT2D eigenvalue weighted by atomic mass is 16.5. The summed E-state index contributed by atoms with van der Waals surface area (Å²) in [7, 11) is 0. The van der Waals surface area contributed by atoms with Gasteiger partial charge < -0.3 is 122 Å². The number of ketones is 1. The van der Waals surface area contributed by atoms with Crippen LogP contribution in [0, 0.1) is 5.92 Å². The Morgan fingerprint density at radius 3 is 1.69 bits per heavy atom. The summed E-state index contributed by atoms with van der Waals surface area (Å²) >= 11 is 0. The molecule has 0 saturated carbocycles. The molecule has 3 aromatic rings. The molecule has 43 heteroatoms. The third-order valence-electron chi connectivity index (χ3n) is 18.1. The van der Waals surface area contributed by atoms with Crippen molar-refractivity contribution in [3.05, 3.63) is 65.9 Å². The number of unbranched alkanes of at least 4 members (excludes halogenated alkanes) is 7. The number of carboxylic acid groups (broad SMARTS) is 4. The molecule has 0 radical (unpaired) electrons. The maximum atomic E-state index is 14.9. The van der Waals surface area contributed by atoms with Crippen LogP contribution in [0.1, 0.15) is 153 Å². The first-order valence-corrected chi connectivity index (χ1v) is 37.3. The Labute approximate surface area is 663 Å². The number of nitrogens with one attached hydrogen (secondary N) is 14. The number of carbonyl (C=O) groups excluding carboxylic acids is 16. The van der Waals surface area contributed by atoms with E-state index < -0.39 is 255 Å². The molecule has 14 amide bonds. The monoisotopic (exact) mass is 1630 g/mol. The van der Waals surface area contributed by atoms with Gasteiger partial charge in [0.1, 0.15) is 72.6 Å². The number of nitrogen functional groups attached to an aromatic ring is 1. The van der Waals surface area contributed by atoms with E-state index in [9.17, 15) is 121 Å². The fourth-order valence-corrected chi connectivity index (χ4v) is 11.9. The number of primary amides is 1. The lowest BCUT2D eigenvalue weighted by Gasteiger charge is -2.30. The summed E-state index contributed by atoms with van der Waals surface area (Å²) < 4.78 is 5.69. The predicted molar refractivity (Wildman–Crippen MR) is 405 cm³/mol. The van der Waals surface area contributed by atoms with E-state index in [1.807, 2.05) is 16.0 Å². The number of hydrogen-bond acceptors (Lipinski definition) is 24. The molecular formula is C73H103N17O26. The molecule has 1 aromatic heterocycles. The van der Waals surface area contributed by atoms with Crippen LogP contribution in [0.15, 0.2) is 54.7 Å². The second-order valence-electron chi connectivity index (χ2n) is 27.6. The fourth-order valence-electron chi connectivity index (χ4n) is 11.9. The number of H-pyrrole nitrogens is 1. The summed E-state index contributed by atoms with van der Waals surface area (Å²) in [5.74, 6) is -29.7. The molecule has 1 aliphatic heterocycles. The van der Waals surface area contributed by atoms with Crippen molar-refractivity contribution in [1.29, 1.82) is 0 Å². The lowest BCUT2D eigenvalue weighted by atomic mass is 9.96. The van der Waals surface area contributed by atoms with Crippen molar-refractivity contribution >= 4 is 135 Å². The first-order chi connectivity index (χ1) is 54.9. The summed E-state index contributed by atoms with van der Waals surface area (Å²) in [5, 5.41) is 78.9. The van der Waals surface area contributed by atoms with Crippen molar-refractivity contribution in [1.82, 2.24) is 74.1 Å². The van der Waals surface area contributed by atoms with Gasteiger partial charge in [-0.2, -0.15) is 0 Å². The van der Waals surface area contributed by atoms with Crippen molar-refractivity contribution in [2.45, 2.75) is 216 Å². The van der Waals surface area contributed by atoms with Crippen LogP contribution in [-0.4, -0.2) is 248 Å². The van der Waals surface area contributed by atoms with Gasteiger partial charge in [0.25, 0.3) is 0 Å². The molecule has 116 heavy (non-hydrogen) atoms. The number of fused-ring (bicyclic) bond motifs is 1. The minimum Gasteiger partial charge on any atom is -0.481 e. The molecule has 43 nitrogen and oxygen atoms in total. The van der Waals surface area contributed by atoms with Crippen LogP contribution in [-0.2, 0) is 102 Å². The van der Waals surface area contributed by atoms with Gasteiger partial charge in [0, 0.05) is 47.6 Å². The van der Waals surface area contributed by atoms with Crippen LogP contribution in [0.5, 0.6) is 0 Å². The summed E-state index contributed by atoms with van der Waals surface area (Å²) in [5.41, 5.74) is 18.1. The first kappa shape index (κ1) is 95.7. The van der Waals surface area contributed by atoms with E-state index in [1.54, 1.807) is 30.5 Å². The normalized spacial score (nSPS) is 21.1. The number of anilines is 1. The summed E-state index contributed by atoms with van der Waals surface area (Å²) in [6.07, 6.45) is -1.96.